The third-order valence-corrected chi connectivity index (χ3v) is 5.24. The van der Waals surface area contributed by atoms with Crippen molar-refractivity contribution in [3.63, 3.8) is 0 Å². The highest BCUT2D eigenvalue weighted by molar-refractivity contribution is 8.01. The van der Waals surface area contributed by atoms with Gasteiger partial charge in [0.05, 0.1) is 5.75 Å². The summed E-state index contributed by atoms with van der Waals surface area (Å²) in [6.45, 7) is 4.00. The summed E-state index contributed by atoms with van der Waals surface area (Å²) in [6, 6.07) is 5.80. The van der Waals surface area contributed by atoms with E-state index < -0.39 is 0 Å². The maximum absolute atomic E-state index is 12.0. The van der Waals surface area contributed by atoms with Crippen molar-refractivity contribution >= 4 is 34.7 Å². The number of nitrogens with zero attached hydrogens (tertiary/aromatic N) is 1. The van der Waals surface area contributed by atoms with Gasteiger partial charge in [-0.1, -0.05) is 11.8 Å². The first-order valence-electron chi connectivity index (χ1n) is 6.74. The van der Waals surface area contributed by atoms with E-state index in [-0.39, 0.29) is 12.0 Å². The van der Waals surface area contributed by atoms with Gasteiger partial charge in [-0.3, -0.25) is 4.79 Å². The number of ether oxygens (including phenoxy) is 1. The smallest absolute Gasteiger partial charge is 0.234 e. The summed E-state index contributed by atoms with van der Waals surface area (Å²) in [7, 11) is 0. The van der Waals surface area contributed by atoms with E-state index in [0.29, 0.717) is 5.75 Å². The van der Waals surface area contributed by atoms with Crippen molar-refractivity contribution in [2.24, 2.45) is 0 Å². The van der Waals surface area contributed by atoms with E-state index in [0.717, 1.165) is 33.5 Å². The lowest BCUT2D eigenvalue weighted by Crippen LogP contribution is -2.14. The number of hydrogen-bond donors (Lipinski definition) is 1. The van der Waals surface area contributed by atoms with E-state index in [1.807, 2.05) is 37.4 Å². The average Bonchev–Trinajstić information content (AvgIpc) is 3.01. The van der Waals surface area contributed by atoms with Crippen molar-refractivity contribution in [1.82, 2.24) is 4.98 Å². The quantitative estimate of drug-likeness (QED) is 0.876. The van der Waals surface area contributed by atoms with Crippen molar-refractivity contribution in [2.75, 3.05) is 11.1 Å². The Morgan fingerprint density at radius 1 is 1.57 bits per heavy atom. The van der Waals surface area contributed by atoms with Gasteiger partial charge in [0.1, 0.15) is 11.9 Å². The molecular weight excluding hydrogens is 304 g/mol. The van der Waals surface area contributed by atoms with E-state index in [4.69, 9.17) is 4.74 Å². The Balaban J connectivity index is 1.57. The Morgan fingerprint density at radius 2 is 2.43 bits per heavy atom. The summed E-state index contributed by atoms with van der Waals surface area (Å²) >= 11 is 3.03. The maximum atomic E-state index is 12.0. The third-order valence-electron chi connectivity index (χ3n) is 3.10. The zero-order valence-corrected chi connectivity index (χ0v) is 13.5. The molecule has 0 bridgehead atoms. The predicted octanol–water partition coefficient (Wildman–Crippen LogP) is 3.51. The van der Waals surface area contributed by atoms with E-state index in [1.54, 1.807) is 11.3 Å². The summed E-state index contributed by atoms with van der Waals surface area (Å²) < 4.78 is 6.58. The Labute approximate surface area is 131 Å². The standard InChI is InChI=1S/C15H16N2O2S2/c1-9-7-20-15(16-9)21-8-14(18)17-12-3-4-13-11(6-12)5-10(2)19-13/h3-4,6-7,10H,5,8H2,1-2H3,(H,17,18). The van der Waals surface area contributed by atoms with Crippen LogP contribution in [0.3, 0.4) is 0 Å². The number of hydrogen-bond acceptors (Lipinski definition) is 5. The minimum atomic E-state index is -0.0141. The predicted molar refractivity (Wildman–Crippen MR) is 86.4 cm³/mol. The van der Waals surface area contributed by atoms with Gasteiger partial charge in [0.2, 0.25) is 5.91 Å². The molecule has 1 aliphatic heterocycles. The summed E-state index contributed by atoms with van der Waals surface area (Å²) in [6.07, 6.45) is 1.11. The molecule has 1 aliphatic rings. The first kappa shape index (κ1) is 14.4. The summed E-state index contributed by atoms with van der Waals surface area (Å²) in [4.78, 5) is 16.3. The number of anilines is 1. The Bertz CT molecular complexity index is 669. The number of aryl methyl sites for hydroxylation is 1. The lowest BCUT2D eigenvalue weighted by molar-refractivity contribution is -0.113. The molecule has 0 saturated heterocycles. The fourth-order valence-electron chi connectivity index (χ4n) is 2.22. The fraction of sp³-hybridized carbons (Fsp3) is 0.333. The van der Waals surface area contributed by atoms with E-state index in [2.05, 4.69) is 10.3 Å². The summed E-state index contributed by atoms with van der Waals surface area (Å²) in [5, 5.41) is 4.91. The van der Waals surface area contributed by atoms with E-state index >= 15 is 0 Å². The normalized spacial score (nSPS) is 16.4. The molecule has 1 unspecified atom stereocenters. The number of thiazole rings is 1. The van der Waals surface area contributed by atoms with Crippen LogP contribution in [0.4, 0.5) is 5.69 Å². The van der Waals surface area contributed by atoms with Gasteiger partial charge in [-0.15, -0.1) is 11.3 Å². The van der Waals surface area contributed by atoms with Crippen molar-refractivity contribution < 1.29 is 9.53 Å². The topological polar surface area (TPSA) is 51.2 Å². The molecule has 2 heterocycles. The first-order valence-corrected chi connectivity index (χ1v) is 8.61. The van der Waals surface area contributed by atoms with Gasteiger partial charge in [0.15, 0.2) is 4.34 Å². The Kier molecular flexibility index (Phi) is 4.17. The second-order valence-corrected chi connectivity index (χ2v) is 7.13. The Hall–Kier alpha value is -1.53. The molecule has 0 radical (unpaired) electrons. The van der Waals surface area contributed by atoms with Crippen molar-refractivity contribution in [3.05, 3.63) is 34.8 Å². The molecule has 0 spiro atoms. The number of benzene rings is 1. The van der Waals surface area contributed by atoms with Crippen LogP contribution in [-0.2, 0) is 11.2 Å². The number of aromatic nitrogens is 1. The number of thioether (sulfide) groups is 1. The second-order valence-electron chi connectivity index (χ2n) is 5.05. The Morgan fingerprint density at radius 3 is 3.19 bits per heavy atom. The highest BCUT2D eigenvalue weighted by Gasteiger charge is 2.19. The number of fused-ring (bicyclic) bond motifs is 1. The number of carbonyl (C=O) groups is 1. The van der Waals surface area contributed by atoms with Crippen LogP contribution in [0.25, 0.3) is 0 Å². The molecule has 1 amide bonds. The van der Waals surface area contributed by atoms with E-state index in [1.165, 1.54) is 11.8 Å². The lowest BCUT2D eigenvalue weighted by Gasteiger charge is -2.06. The van der Waals surface area contributed by atoms with Crippen molar-refractivity contribution in [3.8, 4) is 5.75 Å². The molecular formula is C15H16N2O2S2. The fourth-order valence-corrected chi connectivity index (χ4v) is 3.87. The molecule has 4 nitrogen and oxygen atoms in total. The van der Waals surface area contributed by atoms with E-state index in [9.17, 15) is 4.79 Å². The van der Waals surface area contributed by atoms with Gasteiger partial charge in [0.25, 0.3) is 0 Å². The maximum Gasteiger partial charge on any atom is 0.234 e. The van der Waals surface area contributed by atoms with Crippen LogP contribution in [0.2, 0.25) is 0 Å². The highest BCUT2D eigenvalue weighted by Crippen LogP contribution is 2.31. The van der Waals surface area contributed by atoms with Gasteiger partial charge < -0.3 is 10.1 Å². The molecule has 0 fully saturated rings. The van der Waals surface area contributed by atoms with Gasteiger partial charge >= 0.3 is 0 Å². The molecule has 0 aliphatic carbocycles. The molecule has 1 aromatic heterocycles. The third kappa shape index (κ3) is 3.57. The van der Waals surface area contributed by atoms with Gasteiger partial charge in [-0.25, -0.2) is 4.98 Å². The minimum absolute atomic E-state index is 0.0141. The van der Waals surface area contributed by atoms with Crippen LogP contribution >= 0.6 is 23.1 Å². The zero-order chi connectivity index (χ0) is 14.8. The summed E-state index contributed by atoms with van der Waals surface area (Å²) in [5.41, 5.74) is 2.98. The molecule has 1 aromatic carbocycles. The summed E-state index contributed by atoms with van der Waals surface area (Å²) in [5.74, 6) is 1.28. The lowest BCUT2D eigenvalue weighted by atomic mass is 10.1. The number of nitrogens with one attached hydrogen (secondary N) is 1. The minimum Gasteiger partial charge on any atom is -0.490 e. The number of carbonyl (C=O) groups excluding carboxylic acids is 1. The molecule has 110 valence electrons. The zero-order valence-electron chi connectivity index (χ0n) is 11.9. The van der Waals surface area contributed by atoms with Gasteiger partial charge in [-0.2, -0.15) is 0 Å². The van der Waals surface area contributed by atoms with Crippen LogP contribution < -0.4 is 10.1 Å². The first-order chi connectivity index (χ1) is 10.1. The molecule has 1 atom stereocenters. The van der Waals surface area contributed by atoms with Gasteiger partial charge in [0, 0.05) is 23.2 Å². The second kappa shape index (κ2) is 6.07. The van der Waals surface area contributed by atoms with Crippen LogP contribution in [0.1, 0.15) is 18.2 Å². The molecule has 0 saturated carbocycles. The van der Waals surface area contributed by atoms with Crippen LogP contribution in [0, 0.1) is 6.92 Å². The molecule has 21 heavy (non-hydrogen) atoms. The number of rotatable bonds is 4. The number of amides is 1. The largest absolute Gasteiger partial charge is 0.490 e. The SMILES string of the molecule is Cc1csc(SCC(=O)Nc2ccc3c(c2)CC(C)O3)n1. The van der Waals surface area contributed by atoms with Crippen LogP contribution in [0.5, 0.6) is 5.75 Å². The van der Waals surface area contributed by atoms with Crippen molar-refractivity contribution in [1.29, 1.82) is 0 Å². The van der Waals surface area contributed by atoms with Crippen molar-refractivity contribution in [2.45, 2.75) is 30.7 Å². The monoisotopic (exact) mass is 320 g/mol. The molecule has 6 heteroatoms. The van der Waals surface area contributed by atoms with Gasteiger partial charge in [-0.05, 0) is 37.6 Å². The van der Waals surface area contributed by atoms with Crippen LogP contribution in [0.15, 0.2) is 27.9 Å². The average molecular weight is 320 g/mol. The van der Waals surface area contributed by atoms with Crippen LogP contribution in [-0.4, -0.2) is 22.7 Å². The molecule has 2 aromatic rings. The highest BCUT2D eigenvalue weighted by atomic mass is 32.2. The molecule has 3 rings (SSSR count). The molecule has 1 N–H and O–H groups in total.